The SMILES string of the molecule is COC(=O)N1C(=O)C2CC=C3C(CC4C(=O)N(c5cc(-c6sc7ccc(Cl)cc7c6C)nn5C)C(=O)C4(C)C3c3cc(Br)ccc3O)C2C1=O. The molecule has 1 N–H and O–H groups in total. The molecule has 2 aliphatic heterocycles. The highest BCUT2D eigenvalue weighted by atomic mass is 79.9. The molecule has 6 atom stereocenters. The van der Waals surface area contributed by atoms with Gasteiger partial charge in [-0.15, -0.1) is 11.3 Å². The van der Waals surface area contributed by atoms with Crippen LogP contribution in [-0.4, -0.2) is 56.6 Å². The van der Waals surface area contributed by atoms with Crippen molar-refractivity contribution in [1.29, 1.82) is 0 Å². The zero-order chi connectivity index (χ0) is 35.5. The number of ether oxygens (including phenoxy) is 1. The van der Waals surface area contributed by atoms with Gasteiger partial charge in [0.25, 0.3) is 0 Å². The van der Waals surface area contributed by atoms with E-state index in [1.54, 1.807) is 32.2 Å². The van der Waals surface area contributed by atoms with E-state index in [0.29, 0.717) is 31.2 Å². The van der Waals surface area contributed by atoms with Crippen LogP contribution in [0.25, 0.3) is 20.7 Å². The number of fused-ring (bicyclic) bond motifs is 5. The van der Waals surface area contributed by atoms with Crippen LogP contribution in [0.5, 0.6) is 5.75 Å². The zero-order valence-corrected chi connectivity index (χ0v) is 30.4. The first-order chi connectivity index (χ1) is 23.8. The quantitative estimate of drug-likeness (QED) is 0.179. The lowest BCUT2D eigenvalue weighted by Gasteiger charge is -2.49. The van der Waals surface area contributed by atoms with E-state index in [4.69, 9.17) is 21.4 Å². The molecule has 2 saturated heterocycles. The van der Waals surface area contributed by atoms with Gasteiger partial charge in [-0.3, -0.25) is 23.9 Å². The Morgan fingerprint density at radius 2 is 1.84 bits per heavy atom. The lowest BCUT2D eigenvalue weighted by molar-refractivity contribution is -0.138. The molecule has 256 valence electrons. The number of carbonyl (C=O) groups excluding carboxylic acids is 5. The number of aromatic nitrogens is 2. The number of aromatic hydroxyl groups is 1. The van der Waals surface area contributed by atoms with Crippen molar-refractivity contribution in [1.82, 2.24) is 14.7 Å². The Balaban J connectivity index is 1.26. The topological polar surface area (TPSA) is 139 Å². The van der Waals surface area contributed by atoms with E-state index in [2.05, 4.69) is 15.9 Å². The molecule has 0 bridgehead atoms. The average Bonchev–Trinajstić information content (AvgIpc) is 3.75. The van der Waals surface area contributed by atoms with E-state index < -0.39 is 64.7 Å². The molecule has 2 aromatic carbocycles. The minimum Gasteiger partial charge on any atom is -0.508 e. The number of methoxy groups -OCH3 is 1. The smallest absolute Gasteiger partial charge is 0.423 e. The molecule has 4 aromatic rings. The summed E-state index contributed by atoms with van der Waals surface area (Å²) in [5, 5.41) is 17.6. The van der Waals surface area contributed by atoms with Crippen molar-refractivity contribution in [3.63, 3.8) is 0 Å². The minimum atomic E-state index is -1.38. The molecule has 3 fully saturated rings. The Morgan fingerprint density at radius 3 is 2.58 bits per heavy atom. The number of amides is 5. The summed E-state index contributed by atoms with van der Waals surface area (Å²) in [5.41, 5.74) is 1.28. The Hall–Kier alpha value is -4.33. The molecule has 4 aliphatic rings. The Labute approximate surface area is 303 Å². The van der Waals surface area contributed by atoms with Crippen molar-refractivity contribution in [3.8, 4) is 16.3 Å². The van der Waals surface area contributed by atoms with E-state index in [1.165, 1.54) is 27.0 Å². The molecule has 0 radical (unpaired) electrons. The number of hydrogen-bond acceptors (Lipinski definition) is 9. The molecular formula is C36H30BrClN4O7S. The highest BCUT2D eigenvalue weighted by Crippen LogP contribution is 2.64. The number of imide groups is 4. The molecule has 6 unspecified atom stereocenters. The number of phenolic OH excluding ortho intramolecular Hbond substituents is 1. The summed E-state index contributed by atoms with van der Waals surface area (Å²) in [4.78, 5) is 71.9. The van der Waals surface area contributed by atoms with Crippen molar-refractivity contribution in [2.75, 3.05) is 12.0 Å². The third-order valence-corrected chi connectivity index (χ3v) is 13.2. The number of aryl methyl sites for hydroxylation is 2. The van der Waals surface area contributed by atoms with Gasteiger partial charge in [-0.1, -0.05) is 39.2 Å². The monoisotopic (exact) mass is 776 g/mol. The first kappa shape index (κ1) is 32.9. The molecule has 8 rings (SSSR count). The maximum Gasteiger partial charge on any atom is 0.423 e. The summed E-state index contributed by atoms with van der Waals surface area (Å²) in [6.07, 6.45) is 1.03. The highest BCUT2D eigenvalue weighted by molar-refractivity contribution is 9.10. The summed E-state index contributed by atoms with van der Waals surface area (Å²) >= 11 is 11.3. The van der Waals surface area contributed by atoms with Gasteiger partial charge in [0.15, 0.2) is 0 Å². The Kier molecular flexibility index (Phi) is 7.45. The molecule has 4 heterocycles. The first-order valence-corrected chi connectivity index (χ1v) is 18.0. The standard InChI is InChI=1S/C36H30BrClN4O7S/c1-15-20-12-17(38)6-10-26(20)50-30(15)24-14-27(40(3)39-24)41-32(45)23-13-21-18(7-8-19-28(21)33(46)42(31(19)44)35(48)49-4)29(36(23,2)34(41)47)22-11-16(37)5-9-25(22)43/h5-7,9-12,14,19,21,23,28-29,43H,8,13H2,1-4H3. The summed E-state index contributed by atoms with van der Waals surface area (Å²) in [6, 6.07) is 12.3. The van der Waals surface area contributed by atoms with Crippen LogP contribution < -0.4 is 4.90 Å². The number of phenols is 1. The van der Waals surface area contributed by atoms with Crippen LogP contribution in [0.4, 0.5) is 10.6 Å². The van der Waals surface area contributed by atoms with E-state index in [9.17, 15) is 29.1 Å². The number of thiophene rings is 1. The molecule has 14 heteroatoms. The number of anilines is 1. The maximum absolute atomic E-state index is 14.9. The Morgan fingerprint density at radius 1 is 1.08 bits per heavy atom. The van der Waals surface area contributed by atoms with Gasteiger partial charge in [-0.2, -0.15) is 10.00 Å². The second-order valence-corrected chi connectivity index (χ2v) is 16.0. The van der Waals surface area contributed by atoms with Crippen molar-refractivity contribution in [2.45, 2.75) is 32.6 Å². The van der Waals surface area contributed by atoms with Crippen molar-refractivity contribution < 1.29 is 33.8 Å². The number of benzene rings is 2. The van der Waals surface area contributed by atoms with Crippen molar-refractivity contribution >= 4 is 84.5 Å². The van der Waals surface area contributed by atoms with Gasteiger partial charge in [-0.05, 0) is 80.0 Å². The fraction of sp³-hybridized carbons (Fsp3) is 0.333. The summed E-state index contributed by atoms with van der Waals surface area (Å²) in [5.74, 6) is -6.22. The van der Waals surface area contributed by atoms with Gasteiger partial charge >= 0.3 is 6.09 Å². The van der Waals surface area contributed by atoms with Crippen LogP contribution in [0.2, 0.25) is 5.02 Å². The summed E-state index contributed by atoms with van der Waals surface area (Å²) in [6.45, 7) is 3.72. The van der Waals surface area contributed by atoms with Gasteiger partial charge in [0, 0.05) is 38.8 Å². The first-order valence-electron chi connectivity index (χ1n) is 16.0. The third-order valence-electron chi connectivity index (χ3n) is 11.1. The number of hydrogen-bond donors (Lipinski definition) is 1. The fourth-order valence-electron chi connectivity index (χ4n) is 8.82. The molecule has 0 spiro atoms. The molecular weight excluding hydrogens is 748 g/mol. The summed E-state index contributed by atoms with van der Waals surface area (Å²) in [7, 11) is 2.78. The van der Waals surface area contributed by atoms with Gasteiger partial charge in [-0.25, -0.2) is 9.69 Å². The predicted molar refractivity (Wildman–Crippen MR) is 188 cm³/mol. The Bertz CT molecular complexity index is 2260. The zero-order valence-electron chi connectivity index (χ0n) is 27.3. The second-order valence-electron chi connectivity index (χ2n) is 13.6. The van der Waals surface area contributed by atoms with Crippen LogP contribution >= 0.6 is 38.9 Å². The van der Waals surface area contributed by atoms with Crippen LogP contribution in [-0.2, 0) is 31.0 Å². The highest BCUT2D eigenvalue weighted by Gasteiger charge is 2.68. The van der Waals surface area contributed by atoms with Crippen molar-refractivity contribution in [3.05, 3.63) is 74.7 Å². The normalized spacial score (nSPS) is 27.5. The molecule has 2 aliphatic carbocycles. The number of halogens is 2. The van der Waals surface area contributed by atoms with Gasteiger partial charge in [0.05, 0.1) is 35.2 Å². The number of carbonyl (C=O) groups is 5. The number of nitrogens with zero attached hydrogens (tertiary/aromatic N) is 4. The lowest BCUT2D eigenvalue weighted by atomic mass is 9.51. The van der Waals surface area contributed by atoms with Gasteiger partial charge < -0.3 is 9.84 Å². The van der Waals surface area contributed by atoms with Crippen LogP contribution in [0.15, 0.2) is 58.6 Å². The van der Waals surface area contributed by atoms with E-state index in [-0.39, 0.29) is 24.4 Å². The largest absolute Gasteiger partial charge is 0.508 e. The van der Waals surface area contributed by atoms with Gasteiger partial charge in [0.2, 0.25) is 23.6 Å². The number of rotatable bonds is 3. The molecule has 50 heavy (non-hydrogen) atoms. The summed E-state index contributed by atoms with van der Waals surface area (Å²) < 4.78 is 7.95. The van der Waals surface area contributed by atoms with E-state index in [1.807, 2.05) is 31.2 Å². The number of likely N-dealkylation sites (tertiary alicyclic amines) is 1. The van der Waals surface area contributed by atoms with Crippen LogP contribution in [0.1, 0.15) is 36.8 Å². The van der Waals surface area contributed by atoms with Crippen LogP contribution in [0, 0.1) is 36.0 Å². The maximum atomic E-state index is 14.9. The number of allylic oxidation sites excluding steroid dienone is 2. The van der Waals surface area contributed by atoms with Crippen molar-refractivity contribution in [2.24, 2.45) is 36.1 Å². The molecule has 11 nitrogen and oxygen atoms in total. The second kappa shape index (κ2) is 11.3. The molecule has 2 aromatic heterocycles. The molecule has 5 amide bonds. The lowest BCUT2D eigenvalue weighted by Crippen LogP contribution is -2.49. The van der Waals surface area contributed by atoms with E-state index >= 15 is 0 Å². The van der Waals surface area contributed by atoms with E-state index in [0.717, 1.165) is 27.6 Å². The van der Waals surface area contributed by atoms with Crippen LogP contribution in [0.3, 0.4) is 0 Å². The predicted octanol–water partition coefficient (Wildman–Crippen LogP) is 6.73. The molecule has 1 saturated carbocycles. The van der Waals surface area contributed by atoms with Gasteiger partial charge in [0.1, 0.15) is 17.3 Å². The average molecular weight is 778 g/mol. The fourth-order valence-corrected chi connectivity index (χ4v) is 10.5. The minimum absolute atomic E-state index is 0.0753. The third kappa shape index (κ3) is 4.38.